The summed E-state index contributed by atoms with van der Waals surface area (Å²) < 4.78 is 40.5. The maximum absolute atomic E-state index is 12.9. The molecule has 0 heterocycles. The van der Waals surface area contributed by atoms with Gasteiger partial charge in [0.15, 0.2) is 0 Å². The van der Waals surface area contributed by atoms with E-state index in [9.17, 15) is 12.8 Å². The first-order chi connectivity index (χ1) is 10.9. The zero-order valence-corrected chi connectivity index (χ0v) is 14.7. The zero-order valence-electron chi connectivity index (χ0n) is 13.0. The molecule has 130 valence electrons. The molecule has 0 aliphatic heterocycles. The standard InChI is InChI=1S/C17H19FN2O2S.ClH/c18-14-6-4-12(5-7-14)11-23(21,22)20-17-3-1-2-13-10-15(19)8-9-16(13)17;/h4-10,17,20H,1-3,11,19H2;1H. The molecule has 2 aromatic rings. The lowest BCUT2D eigenvalue weighted by Crippen LogP contribution is -2.32. The van der Waals surface area contributed by atoms with Crippen LogP contribution in [0.1, 0.15) is 35.6 Å². The molecule has 0 bridgehead atoms. The summed E-state index contributed by atoms with van der Waals surface area (Å²) in [6, 6.07) is 10.9. The van der Waals surface area contributed by atoms with Crippen LogP contribution >= 0.6 is 12.4 Å². The van der Waals surface area contributed by atoms with Crippen molar-refractivity contribution in [1.29, 1.82) is 0 Å². The minimum absolute atomic E-state index is 0. The Bertz CT molecular complexity index is 810. The Balaban J connectivity index is 0.00000208. The molecule has 0 saturated carbocycles. The predicted molar refractivity (Wildman–Crippen MR) is 95.9 cm³/mol. The van der Waals surface area contributed by atoms with Crippen LogP contribution in [0, 0.1) is 5.82 Å². The molecule has 0 aromatic heterocycles. The lowest BCUT2D eigenvalue weighted by molar-refractivity contribution is 0.507. The van der Waals surface area contributed by atoms with E-state index < -0.39 is 10.0 Å². The van der Waals surface area contributed by atoms with Crippen LogP contribution in [-0.4, -0.2) is 8.42 Å². The Hall–Kier alpha value is -1.63. The van der Waals surface area contributed by atoms with E-state index in [1.165, 1.54) is 24.3 Å². The Morgan fingerprint density at radius 3 is 2.58 bits per heavy atom. The minimum Gasteiger partial charge on any atom is -0.399 e. The van der Waals surface area contributed by atoms with Gasteiger partial charge >= 0.3 is 0 Å². The number of nitrogens with two attached hydrogens (primary N) is 1. The normalized spacial score (nSPS) is 17.0. The van der Waals surface area contributed by atoms with Gasteiger partial charge in [-0.1, -0.05) is 18.2 Å². The van der Waals surface area contributed by atoms with Gasteiger partial charge in [0.2, 0.25) is 10.0 Å². The maximum atomic E-state index is 12.9. The highest BCUT2D eigenvalue weighted by Gasteiger charge is 2.25. The Labute approximate surface area is 147 Å². The fourth-order valence-electron chi connectivity index (χ4n) is 3.02. The largest absolute Gasteiger partial charge is 0.399 e. The van der Waals surface area contributed by atoms with Gasteiger partial charge in [-0.05, 0) is 60.2 Å². The highest BCUT2D eigenvalue weighted by atomic mass is 35.5. The topological polar surface area (TPSA) is 72.2 Å². The second-order valence-electron chi connectivity index (χ2n) is 5.91. The molecule has 1 aliphatic carbocycles. The Kier molecular flexibility index (Phi) is 5.85. The number of rotatable bonds is 4. The summed E-state index contributed by atoms with van der Waals surface area (Å²) in [5.74, 6) is -0.536. The van der Waals surface area contributed by atoms with E-state index in [2.05, 4.69) is 4.72 Å². The second kappa shape index (κ2) is 7.51. The SMILES string of the molecule is Cl.Nc1ccc2c(c1)CCCC2NS(=O)(=O)Cc1ccc(F)cc1. The van der Waals surface area contributed by atoms with Crippen molar-refractivity contribution in [1.82, 2.24) is 4.72 Å². The fourth-order valence-corrected chi connectivity index (χ4v) is 4.41. The number of hydrogen-bond acceptors (Lipinski definition) is 3. The van der Waals surface area contributed by atoms with Crippen molar-refractivity contribution in [2.45, 2.75) is 31.1 Å². The maximum Gasteiger partial charge on any atom is 0.216 e. The number of aryl methyl sites for hydroxylation is 1. The van der Waals surface area contributed by atoms with Crippen molar-refractivity contribution in [2.24, 2.45) is 0 Å². The average Bonchev–Trinajstić information content (AvgIpc) is 2.49. The first kappa shape index (κ1) is 18.7. The van der Waals surface area contributed by atoms with Crippen molar-refractivity contribution in [2.75, 3.05) is 5.73 Å². The van der Waals surface area contributed by atoms with Gasteiger partial charge in [-0.2, -0.15) is 0 Å². The highest BCUT2D eigenvalue weighted by molar-refractivity contribution is 7.88. The molecule has 3 N–H and O–H groups in total. The molecule has 1 atom stereocenters. The summed E-state index contributed by atoms with van der Waals surface area (Å²) >= 11 is 0. The van der Waals surface area contributed by atoms with E-state index in [0.29, 0.717) is 11.3 Å². The van der Waals surface area contributed by atoms with Crippen LogP contribution in [0.3, 0.4) is 0 Å². The fraction of sp³-hybridized carbons (Fsp3) is 0.294. The zero-order chi connectivity index (χ0) is 16.4. The van der Waals surface area contributed by atoms with E-state index in [0.717, 1.165) is 30.4 Å². The number of fused-ring (bicyclic) bond motifs is 1. The van der Waals surface area contributed by atoms with Crippen LogP contribution in [0.5, 0.6) is 0 Å². The second-order valence-corrected chi connectivity index (χ2v) is 7.66. The van der Waals surface area contributed by atoms with Gasteiger partial charge in [-0.15, -0.1) is 12.4 Å². The third kappa shape index (κ3) is 4.47. The predicted octanol–water partition coefficient (Wildman–Crippen LogP) is 3.33. The van der Waals surface area contributed by atoms with E-state index in [4.69, 9.17) is 5.73 Å². The van der Waals surface area contributed by atoms with Crippen LogP contribution in [0.15, 0.2) is 42.5 Å². The molecule has 4 nitrogen and oxygen atoms in total. The van der Waals surface area contributed by atoms with Crippen molar-refractivity contribution in [3.05, 3.63) is 65.0 Å². The van der Waals surface area contributed by atoms with Crippen molar-refractivity contribution in [3.63, 3.8) is 0 Å². The molecule has 7 heteroatoms. The summed E-state index contributed by atoms with van der Waals surface area (Å²) in [5, 5.41) is 0. The molecule has 0 amide bonds. The van der Waals surface area contributed by atoms with Gasteiger partial charge in [-0.3, -0.25) is 0 Å². The number of sulfonamides is 1. The number of nitrogen functional groups attached to an aromatic ring is 1. The molecule has 0 radical (unpaired) electrons. The molecule has 24 heavy (non-hydrogen) atoms. The van der Waals surface area contributed by atoms with Crippen LogP contribution in [0.4, 0.5) is 10.1 Å². The minimum atomic E-state index is -3.50. The quantitative estimate of drug-likeness (QED) is 0.811. The summed E-state index contributed by atoms with van der Waals surface area (Å²) in [4.78, 5) is 0. The molecule has 0 fully saturated rings. The van der Waals surface area contributed by atoms with Crippen LogP contribution in [0.2, 0.25) is 0 Å². The van der Waals surface area contributed by atoms with E-state index in [1.807, 2.05) is 12.1 Å². The number of anilines is 1. The van der Waals surface area contributed by atoms with Gasteiger partial charge in [0.1, 0.15) is 5.82 Å². The van der Waals surface area contributed by atoms with E-state index in [1.54, 1.807) is 6.07 Å². The summed E-state index contributed by atoms with van der Waals surface area (Å²) in [5.41, 5.74) is 9.15. The first-order valence-corrected chi connectivity index (χ1v) is 9.21. The lowest BCUT2D eigenvalue weighted by atomic mass is 9.88. The van der Waals surface area contributed by atoms with Crippen LogP contribution in [0.25, 0.3) is 0 Å². The van der Waals surface area contributed by atoms with E-state index >= 15 is 0 Å². The number of nitrogens with one attached hydrogen (secondary N) is 1. The molecule has 0 saturated heterocycles. The molecule has 2 aromatic carbocycles. The summed E-state index contributed by atoms with van der Waals surface area (Å²) in [6.07, 6.45) is 2.59. The number of benzene rings is 2. The van der Waals surface area contributed by atoms with Gasteiger partial charge in [0, 0.05) is 11.7 Å². The highest BCUT2D eigenvalue weighted by Crippen LogP contribution is 2.31. The lowest BCUT2D eigenvalue weighted by Gasteiger charge is -2.26. The van der Waals surface area contributed by atoms with Gasteiger partial charge in [-0.25, -0.2) is 17.5 Å². The Morgan fingerprint density at radius 2 is 1.88 bits per heavy atom. The molecule has 0 spiro atoms. The summed E-state index contributed by atoms with van der Waals surface area (Å²) in [7, 11) is -3.50. The summed E-state index contributed by atoms with van der Waals surface area (Å²) in [6.45, 7) is 0. The third-order valence-electron chi connectivity index (χ3n) is 4.07. The molecule has 1 unspecified atom stereocenters. The van der Waals surface area contributed by atoms with E-state index in [-0.39, 0.29) is 30.0 Å². The van der Waals surface area contributed by atoms with Crippen molar-refractivity contribution < 1.29 is 12.8 Å². The smallest absolute Gasteiger partial charge is 0.216 e. The van der Waals surface area contributed by atoms with Crippen molar-refractivity contribution >= 4 is 28.1 Å². The number of halogens is 2. The van der Waals surface area contributed by atoms with Crippen LogP contribution < -0.4 is 10.5 Å². The molecule has 1 aliphatic rings. The van der Waals surface area contributed by atoms with Crippen LogP contribution in [-0.2, 0) is 22.2 Å². The van der Waals surface area contributed by atoms with Crippen molar-refractivity contribution in [3.8, 4) is 0 Å². The third-order valence-corrected chi connectivity index (χ3v) is 5.43. The Morgan fingerprint density at radius 1 is 1.17 bits per heavy atom. The van der Waals surface area contributed by atoms with Gasteiger partial charge < -0.3 is 5.73 Å². The van der Waals surface area contributed by atoms with Gasteiger partial charge in [0.05, 0.1) is 5.75 Å². The first-order valence-electron chi connectivity index (χ1n) is 7.56. The average molecular weight is 371 g/mol. The molecular weight excluding hydrogens is 351 g/mol. The molecule has 3 rings (SSSR count). The van der Waals surface area contributed by atoms with Gasteiger partial charge in [0.25, 0.3) is 0 Å². The number of hydrogen-bond donors (Lipinski definition) is 2. The monoisotopic (exact) mass is 370 g/mol. The molecular formula is C17H20ClFN2O2S.